The zero-order valence-electron chi connectivity index (χ0n) is 13.2. The summed E-state index contributed by atoms with van der Waals surface area (Å²) < 4.78 is 12.7. The van der Waals surface area contributed by atoms with Gasteiger partial charge in [-0.15, -0.1) is 0 Å². The average Bonchev–Trinajstić information content (AvgIpc) is 2.76. The Bertz CT molecular complexity index is 772. The first-order valence-electron chi connectivity index (χ1n) is 7.25. The van der Waals surface area contributed by atoms with Crippen molar-refractivity contribution in [2.24, 2.45) is 0 Å². The third kappa shape index (κ3) is 3.52. The van der Waals surface area contributed by atoms with Gasteiger partial charge in [-0.1, -0.05) is 11.6 Å². The largest absolute Gasteiger partial charge is 0.496 e. The molecule has 2 aromatic rings. The highest BCUT2D eigenvalue weighted by Gasteiger charge is 2.20. The lowest BCUT2D eigenvalue weighted by Crippen LogP contribution is -2.24. The Balaban J connectivity index is 1.87. The first kappa shape index (κ1) is 16.7. The maximum absolute atomic E-state index is 12.1. The van der Waals surface area contributed by atoms with E-state index in [9.17, 15) is 4.79 Å². The van der Waals surface area contributed by atoms with E-state index in [0.29, 0.717) is 29.6 Å². The molecule has 126 valence electrons. The van der Waals surface area contributed by atoms with Gasteiger partial charge in [0.05, 0.1) is 30.4 Å². The van der Waals surface area contributed by atoms with Crippen molar-refractivity contribution in [3.8, 4) is 11.6 Å². The zero-order valence-corrected chi connectivity index (χ0v) is 14.8. The molecule has 2 heterocycles. The molecule has 0 saturated carbocycles. The van der Waals surface area contributed by atoms with Crippen LogP contribution >= 0.6 is 23.5 Å². The molecule has 3 rings (SSSR count). The van der Waals surface area contributed by atoms with E-state index in [1.807, 2.05) is 23.5 Å². The van der Waals surface area contributed by atoms with E-state index < -0.39 is 0 Å². The normalized spacial score (nSPS) is 13.4. The molecule has 0 unspecified atom stereocenters. The number of nitrogens with one attached hydrogen (secondary N) is 1. The van der Waals surface area contributed by atoms with Gasteiger partial charge >= 0.3 is 0 Å². The van der Waals surface area contributed by atoms with Crippen LogP contribution in [0.2, 0.25) is 5.02 Å². The van der Waals surface area contributed by atoms with Crippen LogP contribution in [-0.2, 0) is 0 Å². The molecule has 0 atom stereocenters. The molecular weight excluding hydrogens is 350 g/mol. The Morgan fingerprint density at radius 3 is 3.04 bits per heavy atom. The number of rotatable bonds is 4. The Morgan fingerprint density at radius 1 is 1.42 bits per heavy atom. The number of halogens is 1. The number of amides is 1. The quantitative estimate of drug-likeness (QED) is 0.840. The Kier molecular flexibility index (Phi) is 5.01. The van der Waals surface area contributed by atoms with E-state index in [1.165, 1.54) is 11.9 Å². The third-order valence-electron chi connectivity index (χ3n) is 3.43. The number of hydrogen-bond donors (Lipinski definition) is 1. The number of methoxy groups -OCH3 is 1. The molecule has 8 heteroatoms. The smallest absolute Gasteiger partial charge is 0.256 e. The first-order valence-corrected chi connectivity index (χ1v) is 8.40. The van der Waals surface area contributed by atoms with Gasteiger partial charge in [-0.25, -0.2) is 4.98 Å². The van der Waals surface area contributed by atoms with Crippen molar-refractivity contribution in [1.82, 2.24) is 10.3 Å². The Morgan fingerprint density at radius 2 is 2.25 bits per heavy atom. The van der Waals surface area contributed by atoms with E-state index in [0.717, 1.165) is 16.3 Å². The van der Waals surface area contributed by atoms with Gasteiger partial charge in [0.2, 0.25) is 5.88 Å². The van der Waals surface area contributed by atoms with Crippen molar-refractivity contribution in [1.29, 1.82) is 0 Å². The van der Waals surface area contributed by atoms with Crippen molar-refractivity contribution in [3.63, 3.8) is 0 Å². The van der Waals surface area contributed by atoms with Gasteiger partial charge in [-0.2, -0.15) is 0 Å². The van der Waals surface area contributed by atoms with E-state index in [-0.39, 0.29) is 5.91 Å². The minimum atomic E-state index is -0.185. The summed E-state index contributed by atoms with van der Waals surface area (Å²) in [5, 5.41) is 3.40. The second kappa shape index (κ2) is 7.19. The van der Waals surface area contributed by atoms with Crippen LogP contribution in [0.4, 0.5) is 5.69 Å². The monoisotopic (exact) mass is 365 g/mol. The molecule has 6 nitrogen and oxygen atoms in total. The van der Waals surface area contributed by atoms with Gasteiger partial charge in [-0.05, 0) is 36.2 Å². The fraction of sp³-hybridized carbons (Fsp3) is 0.250. The molecule has 0 saturated heterocycles. The third-order valence-corrected chi connectivity index (χ3v) is 4.67. The Hall–Kier alpha value is -2.12. The minimum Gasteiger partial charge on any atom is -0.496 e. The van der Waals surface area contributed by atoms with Gasteiger partial charge in [0.1, 0.15) is 17.9 Å². The van der Waals surface area contributed by atoms with Gasteiger partial charge in [0.15, 0.2) is 0 Å². The number of aromatic nitrogens is 1. The van der Waals surface area contributed by atoms with Crippen molar-refractivity contribution in [3.05, 3.63) is 41.0 Å². The predicted octanol–water partition coefficient (Wildman–Crippen LogP) is 3.01. The maximum Gasteiger partial charge on any atom is 0.256 e. The van der Waals surface area contributed by atoms with E-state index in [4.69, 9.17) is 21.1 Å². The fourth-order valence-electron chi connectivity index (χ4n) is 2.22. The highest BCUT2D eigenvalue weighted by molar-refractivity contribution is 8.00. The molecule has 0 spiro atoms. The number of pyridine rings is 1. The van der Waals surface area contributed by atoms with Crippen LogP contribution in [0.5, 0.6) is 11.6 Å². The van der Waals surface area contributed by atoms with Crippen molar-refractivity contribution in [2.45, 2.75) is 4.90 Å². The molecule has 0 aliphatic carbocycles. The van der Waals surface area contributed by atoms with Gasteiger partial charge in [0, 0.05) is 12.1 Å². The maximum atomic E-state index is 12.1. The summed E-state index contributed by atoms with van der Waals surface area (Å²) in [6.07, 6.45) is 1.67. The van der Waals surface area contributed by atoms with E-state index in [1.54, 1.807) is 25.4 Å². The lowest BCUT2D eigenvalue weighted by atomic mass is 10.2. The summed E-state index contributed by atoms with van der Waals surface area (Å²) >= 11 is 7.50. The first-order chi connectivity index (χ1) is 11.6. The summed E-state index contributed by atoms with van der Waals surface area (Å²) in [6.45, 7) is 0.879. The standard InChI is InChI=1S/C16H16ClN3O3S/c1-20(24-14-7-10(17)3-4-13(14)22-2)11-8-12-15(21)18-5-6-23-16(12)19-9-11/h3-4,7-9H,5-6H2,1-2H3,(H,18,21). The number of hydrogen-bond acceptors (Lipinski definition) is 6. The highest BCUT2D eigenvalue weighted by Crippen LogP contribution is 2.36. The number of nitrogens with zero attached hydrogens (tertiary/aromatic N) is 2. The van der Waals surface area contributed by atoms with E-state index in [2.05, 4.69) is 10.3 Å². The number of fused-ring (bicyclic) bond motifs is 1. The minimum absolute atomic E-state index is 0.185. The lowest BCUT2D eigenvalue weighted by molar-refractivity contribution is 0.0957. The van der Waals surface area contributed by atoms with E-state index >= 15 is 0 Å². The second-order valence-electron chi connectivity index (χ2n) is 5.03. The lowest BCUT2D eigenvalue weighted by Gasteiger charge is -2.20. The van der Waals surface area contributed by atoms with Crippen LogP contribution in [0.1, 0.15) is 10.4 Å². The SMILES string of the molecule is COc1ccc(Cl)cc1SN(C)c1cnc2c(c1)C(=O)NCCO2. The molecule has 1 amide bonds. The number of carbonyl (C=O) groups is 1. The molecule has 1 N–H and O–H groups in total. The molecule has 24 heavy (non-hydrogen) atoms. The van der Waals surface area contributed by atoms with Crippen molar-refractivity contribution < 1.29 is 14.3 Å². The summed E-state index contributed by atoms with van der Waals surface area (Å²) in [4.78, 5) is 17.2. The summed E-state index contributed by atoms with van der Waals surface area (Å²) in [5.41, 5.74) is 1.19. The zero-order chi connectivity index (χ0) is 17.1. The molecule has 1 aliphatic rings. The summed E-state index contributed by atoms with van der Waals surface area (Å²) in [6, 6.07) is 7.17. The highest BCUT2D eigenvalue weighted by atomic mass is 35.5. The van der Waals surface area contributed by atoms with Crippen LogP contribution in [-0.4, -0.2) is 38.2 Å². The summed E-state index contributed by atoms with van der Waals surface area (Å²) in [7, 11) is 3.49. The molecule has 1 aliphatic heterocycles. The number of anilines is 1. The van der Waals surface area contributed by atoms with Gasteiger partial charge < -0.3 is 19.1 Å². The van der Waals surface area contributed by atoms with Crippen molar-refractivity contribution in [2.75, 3.05) is 31.6 Å². The fourth-order valence-corrected chi connectivity index (χ4v) is 3.38. The van der Waals surface area contributed by atoms with Crippen molar-refractivity contribution >= 4 is 35.1 Å². The van der Waals surface area contributed by atoms with Crippen LogP contribution in [0, 0.1) is 0 Å². The molecule has 0 radical (unpaired) electrons. The average molecular weight is 366 g/mol. The molecule has 1 aromatic heterocycles. The predicted molar refractivity (Wildman–Crippen MR) is 94.3 cm³/mol. The van der Waals surface area contributed by atoms with Gasteiger partial charge in [-0.3, -0.25) is 4.79 Å². The molecule has 1 aromatic carbocycles. The number of carbonyl (C=O) groups excluding carboxylic acids is 1. The topological polar surface area (TPSA) is 63.7 Å². The van der Waals surface area contributed by atoms with Crippen LogP contribution in [0.3, 0.4) is 0 Å². The molecule has 0 fully saturated rings. The number of benzene rings is 1. The Labute approximate surface area is 149 Å². The van der Waals surface area contributed by atoms with Crippen LogP contribution < -0.4 is 19.1 Å². The summed E-state index contributed by atoms with van der Waals surface area (Å²) in [5.74, 6) is 0.892. The number of ether oxygens (including phenoxy) is 2. The second-order valence-corrected chi connectivity index (χ2v) is 6.64. The molecule has 0 bridgehead atoms. The van der Waals surface area contributed by atoms with Gasteiger partial charge in [0.25, 0.3) is 5.91 Å². The molecular formula is C16H16ClN3O3S. The van der Waals surface area contributed by atoms with Crippen LogP contribution in [0.25, 0.3) is 0 Å². The van der Waals surface area contributed by atoms with Crippen LogP contribution in [0.15, 0.2) is 35.4 Å².